The van der Waals surface area contributed by atoms with E-state index in [1.54, 1.807) is 0 Å². The van der Waals surface area contributed by atoms with Crippen molar-refractivity contribution in [2.45, 2.75) is 12.6 Å². The first-order valence-corrected chi connectivity index (χ1v) is 3.63. The van der Waals surface area contributed by atoms with Crippen molar-refractivity contribution in [1.29, 1.82) is 0 Å². The molecule has 1 heterocycles. The van der Waals surface area contributed by atoms with Gasteiger partial charge in [0.2, 0.25) is 6.17 Å². The summed E-state index contributed by atoms with van der Waals surface area (Å²) in [5.41, 5.74) is -0.917. The molecule has 0 spiro atoms. The van der Waals surface area contributed by atoms with Gasteiger partial charge in [-0.05, 0) is 6.07 Å². The van der Waals surface area contributed by atoms with Gasteiger partial charge in [0, 0.05) is 6.20 Å². The summed E-state index contributed by atoms with van der Waals surface area (Å²) in [6.45, 7) is 0. The van der Waals surface area contributed by atoms with Gasteiger partial charge in [-0.1, -0.05) is 11.6 Å². The standard InChI is InChI=1S/C7H4ClF4N.ClH.H3N/c8-3-1-4(9)6(13-2-3)5(10)7(11)12;;/h1-2,5,7H;1H;1H3/t5-;;/m1../s1. The summed E-state index contributed by atoms with van der Waals surface area (Å²) in [4.78, 5) is 3.14. The molecule has 88 valence electrons. The third kappa shape index (κ3) is 4.19. The topological polar surface area (TPSA) is 47.9 Å². The molecule has 2 nitrogen and oxygen atoms in total. The van der Waals surface area contributed by atoms with Crippen molar-refractivity contribution in [3.63, 3.8) is 0 Å². The zero-order valence-electron chi connectivity index (χ0n) is 7.26. The van der Waals surface area contributed by atoms with E-state index in [2.05, 4.69) is 4.98 Å². The van der Waals surface area contributed by atoms with Crippen LogP contribution in [0.3, 0.4) is 0 Å². The second kappa shape index (κ2) is 6.81. The van der Waals surface area contributed by atoms with Gasteiger partial charge in [0.1, 0.15) is 11.5 Å². The van der Waals surface area contributed by atoms with Crippen molar-refractivity contribution in [3.05, 3.63) is 28.8 Å². The molecule has 1 aromatic heterocycles. The van der Waals surface area contributed by atoms with Crippen LogP contribution in [-0.4, -0.2) is 11.4 Å². The van der Waals surface area contributed by atoms with Crippen LogP contribution in [-0.2, 0) is 0 Å². The number of alkyl halides is 3. The molecule has 0 aliphatic rings. The SMILES string of the molecule is Cl.Fc1cc(Cl)cnc1[C@@H](F)C(F)F.N. The van der Waals surface area contributed by atoms with E-state index in [1.807, 2.05) is 0 Å². The van der Waals surface area contributed by atoms with Crippen molar-refractivity contribution in [2.24, 2.45) is 0 Å². The zero-order valence-corrected chi connectivity index (χ0v) is 8.83. The molecule has 1 aromatic rings. The molecule has 15 heavy (non-hydrogen) atoms. The number of halogens is 6. The van der Waals surface area contributed by atoms with Crippen molar-refractivity contribution in [3.8, 4) is 0 Å². The maximum absolute atomic E-state index is 12.7. The molecule has 1 rings (SSSR count). The monoisotopic (exact) mass is 266 g/mol. The third-order valence-corrected chi connectivity index (χ3v) is 1.53. The molecule has 0 saturated carbocycles. The van der Waals surface area contributed by atoms with E-state index in [-0.39, 0.29) is 23.6 Å². The van der Waals surface area contributed by atoms with Gasteiger partial charge in [-0.3, -0.25) is 4.98 Å². The highest BCUT2D eigenvalue weighted by atomic mass is 35.5. The Hall–Kier alpha value is -0.590. The molecular weight excluding hydrogens is 259 g/mol. The minimum atomic E-state index is -3.29. The Balaban J connectivity index is 0. The molecule has 1 atom stereocenters. The second-order valence-electron chi connectivity index (χ2n) is 2.26. The van der Waals surface area contributed by atoms with Gasteiger partial charge in [-0.2, -0.15) is 0 Å². The summed E-state index contributed by atoms with van der Waals surface area (Å²) in [6, 6.07) is 0.735. The van der Waals surface area contributed by atoms with Crippen LogP contribution in [0.15, 0.2) is 12.3 Å². The first-order valence-electron chi connectivity index (χ1n) is 3.25. The number of hydrogen-bond donors (Lipinski definition) is 1. The van der Waals surface area contributed by atoms with Gasteiger partial charge >= 0.3 is 0 Å². The quantitative estimate of drug-likeness (QED) is 0.830. The zero-order chi connectivity index (χ0) is 10.0. The fraction of sp³-hybridized carbons (Fsp3) is 0.286. The smallest absolute Gasteiger partial charge is 0.275 e. The van der Waals surface area contributed by atoms with Crippen LogP contribution in [0.4, 0.5) is 17.6 Å². The molecule has 0 unspecified atom stereocenters. The molecule has 0 amide bonds. The van der Waals surface area contributed by atoms with Gasteiger partial charge in [0.05, 0.1) is 5.02 Å². The van der Waals surface area contributed by atoms with Crippen LogP contribution in [0.2, 0.25) is 5.02 Å². The summed E-state index contributed by atoms with van der Waals surface area (Å²) in [5, 5.41) is -0.0669. The number of pyridine rings is 1. The molecule has 0 fully saturated rings. The molecule has 0 bridgehead atoms. The van der Waals surface area contributed by atoms with Crippen molar-refractivity contribution < 1.29 is 17.6 Å². The molecule has 0 saturated heterocycles. The number of hydrogen-bond acceptors (Lipinski definition) is 2. The Morgan fingerprint density at radius 1 is 1.27 bits per heavy atom. The average Bonchev–Trinajstić information content (AvgIpc) is 2.03. The third-order valence-electron chi connectivity index (χ3n) is 1.32. The normalized spacial score (nSPS) is 11.6. The Bertz CT molecular complexity index is 311. The van der Waals surface area contributed by atoms with E-state index in [0.29, 0.717) is 0 Å². The molecular formula is C7H8Cl2F4N2. The predicted octanol–water partition coefficient (Wildman–Crippen LogP) is 3.73. The van der Waals surface area contributed by atoms with Crippen molar-refractivity contribution in [2.75, 3.05) is 0 Å². The van der Waals surface area contributed by atoms with Crippen LogP contribution >= 0.6 is 24.0 Å². The molecule has 0 aromatic carbocycles. The highest BCUT2D eigenvalue weighted by Crippen LogP contribution is 2.26. The van der Waals surface area contributed by atoms with Crippen LogP contribution in [0, 0.1) is 5.82 Å². The molecule has 0 radical (unpaired) electrons. The van der Waals surface area contributed by atoms with E-state index in [1.165, 1.54) is 0 Å². The Morgan fingerprint density at radius 2 is 1.80 bits per heavy atom. The van der Waals surface area contributed by atoms with Gasteiger partial charge in [-0.15, -0.1) is 12.4 Å². The predicted molar refractivity (Wildman–Crippen MR) is 51.3 cm³/mol. The van der Waals surface area contributed by atoms with E-state index in [0.717, 1.165) is 12.3 Å². The van der Waals surface area contributed by atoms with Crippen LogP contribution in [0.1, 0.15) is 11.9 Å². The van der Waals surface area contributed by atoms with E-state index >= 15 is 0 Å². The first-order chi connectivity index (χ1) is 6.02. The summed E-state index contributed by atoms with van der Waals surface area (Å²) >= 11 is 5.29. The summed E-state index contributed by atoms with van der Waals surface area (Å²) in [7, 11) is 0. The lowest BCUT2D eigenvalue weighted by Crippen LogP contribution is -2.07. The lowest BCUT2D eigenvalue weighted by atomic mass is 10.2. The Kier molecular flexibility index (Phi) is 7.64. The van der Waals surface area contributed by atoms with Crippen molar-refractivity contribution in [1.82, 2.24) is 11.1 Å². The molecule has 0 aliphatic carbocycles. The first kappa shape index (κ1) is 16.8. The van der Waals surface area contributed by atoms with Gasteiger partial charge in [-0.25, -0.2) is 17.6 Å². The Labute approximate surface area is 94.6 Å². The molecule has 0 aliphatic heterocycles. The van der Waals surface area contributed by atoms with E-state index in [4.69, 9.17) is 11.6 Å². The second-order valence-corrected chi connectivity index (χ2v) is 2.69. The highest BCUT2D eigenvalue weighted by Gasteiger charge is 2.26. The van der Waals surface area contributed by atoms with Gasteiger partial charge in [0.15, 0.2) is 0 Å². The summed E-state index contributed by atoms with van der Waals surface area (Å²) < 4.78 is 48.9. The Morgan fingerprint density at radius 3 is 2.20 bits per heavy atom. The minimum Gasteiger partial charge on any atom is -0.344 e. The van der Waals surface area contributed by atoms with Crippen LogP contribution in [0.25, 0.3) is 0 Å². The minimum absolute atomic E-state index is 0. The number of aromatic nitrogens is 1. The summed E-state index contributed by atoms with van der Waals surface area (Å²) in [5.74, 6) is -1.17. The maximum atomic E-state index is 12.7. The fourth-order valence-corrected chi connectivity index (χ4v) is 0.892. The van der Waals surface area contributed by atoms with Gasteiger partial charge in [0.25, 0.3) is 6.43 Å². The van der Waals surface area contributed by atoms with Crippen molar-refractivity contribution >= 4 is 24.0 Å². The maximum Gasteiger partial charge on any atom is 0.275 e. The van der Waals surface area contributed by atoms with Crippen LogP contribution < -0.4 is 6.15 Å². The summed E-state index contributed by atoms with van der Waals surface area (Å²) in [6.07, 6.45) is -5.09. The largest absolute Gasteiger partial charge is 0.344 e. The van der Waals surface area contributed by atoms with E-state index in [9.17, 15) is 17.6 Å². The lowest BCUT2D eigenvalue weighted by molar-refractivity contribution is 0.0451. The molecule has 3 N–H and O–H groups in total. The lowest BCUT2D eigenvalue weighted by Gasteiger charge is -2.06. The van der Waals surface area contributed by atoms with E-state index < -0.39 is 24.1 Å². The highest BCUT2D eigenvalue weighted by molar-refractivity contribution is 6.30. The number of nitrogens with zero attached hydrogens (tertiary/aromatic N) is 1. The van der Waals surface area contributed by atoms with Crippen LogP contribution in [0.5, 0.6) is 0 Å². The fourth-order valence-electron chi connectivity index (χ4n) is 0.747. The molecule has 8 heteroatoms. The van der Waals surface area contributed by atoms with Gasteiger partial charge < -0.3 is 6.15 Å². The average molecular weight is 267 g/mol. The number of rotatable bonds is 2.